The predicted molar refractivity (Wildman–Crippen MR) is 79.4 cm³/mol. The molecule has 1 amide bonds. The van der Waals surface area contributed by atoms with Gasteiger partial charge in [0.1, 0.15) is 0 Å². The lowest BCUT2D eigenvalue weighted by atomic mass is 10.0. The molecule has 2 rings (SSSR count). The Bertz CT molecular complexity index is 456. The van der Waals surface area contributed by atoms with E-state index in [0.717, 1.165) is 12.2 Å². The lowest BCUT2D eigenvalue weighted by Gasteiger charge is -2.32. The molecular weight excluding hydrogens is 236 g/mol. The second-order valence-electron chi connectivity index (χ2n) is 5.66. The van der Waals surface area contributed by atoms with E-state index >= 15 is 0 Å². The molecule has 104 valence electrons. The smallest absolute Gasteiger partial charge is 0.238 e. The Hall–Kier alpha value is -1.35. The van der Waals surface area contributed by atoms with Gasteiger partial charge in [0.25, 0.3) is 0 Å². The van der Waals surface area contributed by atoms with Gasteiger partial charge < -0.3 is 5.32 Å². The maximum atomic E-state index is 12.1. The Morgan fingerprint density at radius 2 is 2.11 bits per heavy atom. The van der Waals surface area contributed by atoms with E-state index in [4.69, 9.17) is 0 Å². The van der Waals surface area contributed by atoms with Crippen molar-refractivity contribution in [1.29, 1.82) is 0 Å². The largest absolute Gasteiger partial charge is 0.325 e. The van der Waals surface area contributed by atoms with E-state index in [9.17, 15) is 4.79 Å². The highest BCUT2D eigenvalue weighted by molar-refractivity contribution is 5.92. The molecule has 1 unspecified atom stereocenters. The van der Waals surface area contributed by atoms with Crippen LogP contribution in [0.3, 0.4) is 0 Å². The van der Waals surface area contributed by atoms with Crippen LogP contribution in [0.25, 0.3) is 0 Å². The number of nitrogens with one attached hydrogen (secondary N) is 1. The van der Waals surface area contributed by atoms with Crippen LogP contribution >= 0.6 is 0 Å². The summed E-state index contributed by atoms with van der Waals surface area (Å²) in [6, 6.07) is 6.58. The summed E-state index contributed by atoms with van der Waals surface area (Å²) < 4.78 is 0. The van der Waals surface area contributed by atoms with Gasteiger partial charge in [0.05, 0.1) is 6.54 Å². The highest BCUT2D eigenvalue weighted by Gasteiger charge is 2.20. The average molecular weight is 260 g/mol. The molecule has 1 aliphatic rings. The topological polar surface area (TPSA) is 32.3 Å². The fourth-order valence-corrected chi connectivity index (χ4v) is 2.60. The summed E-state index contributed by atoms with van der Waals surface area (Å²) in [5.74, 6) is 0.0944. The molecule has 3 heteroatoms. The molecule has 1 fully saturated rings. The molecule has 1 aromatic rings. The number of nitrogens with zero attached hydrogens (tertiary/aromatic N) is 1. The molecule has 1 heterocycles. The number of amides is 1. The van der Waals surface area contributed by atoms with Crippen LogP contribution in [0.5, 0.6) is 0 Å². The van der Waals surface area contributed by atoms with E-state index in [1.165, 1.54) is 30.4 Å². The third-order valence-corrected chi connectivity index (χ3v) is 4.08. The van der Waals surface area contributed by atoms with Gasteiger partial charge in [-0.3, -0.25) is 9.69 Å². The summed E-state index contributed by atoms with van der Waals surface area (Å²) in [6.45, 7) is 7.91. The van der Waals surface area contributed by atoms with Crippen LogP contribution in [0.4, 0.5) is 5.69 Å². The number of benzene rings is 1. The Kier molecular flexibility index (Phi) is 4.59. The molecule has 1 saturated heterocycles. The van der Waals surface area contributed by atoms with Gasteiger partial charge in [-0.2, -0.15) is 0 Å². The van der Waals surface area contributed by atoms with Gasteiger partial charge in [-0.25, -0.2) is 0 Å². The predicted octanol–water partition coefficient (Wildman–Crippen LogP) is 3.12. The molecule has 1 atom stereocenters. The van der Waals surface area contributed by atoms with E-state index in [2.05, 4.69) is 37.1 Å². The molecule has 0 aromatic heterocycles. The number of hydrogen-bond donors (Lipinski definition) is 1. The summed E-state index contributed by atoms with van der Waals surface area (Å²) >= 11 is 0. The van der Waals surface area contributed by atoms with Gasteiger partial charge in [0, 0.05) is 11.7 Å². The number of hydrogen-bond acceptors (Lipinski definition) is 2. The minimum atomic E-state index is 0.0944. The van der Waals surface area contributed by atoms with E-state index in [0.29, 0.717) is 12.6 Å². The van der Waals surface area contributed by atoms with Crippen LogP contribution in [0.15, 0.2) is 18.2 Å². The zero-order valence-electron chi connectivity index (χ0n) is 12.2. The molecule has 0 saturated carbocycles. The second-order valence-corrected chi connectivity index (χ2v) is 5.66. The average Bonchev–Trinajstić information content (AvgIpc) is 2.37. The number of carbonyl (C=O) groups excluding carboxylic acids is 1. The normalized spacial score (nSPS) is 20.3. The Morgan fingerprint density at radius 3 is 2.79 bits per heavy atom. The summed E-state index contributed by atoms with van der Waals surface area (Å²) in [7, 11) is 0. The number of likely N-dealkylation sites (tertiary alicyclic amines) is 1. The second kappa shape index (κ2) is 6.20. The number of aryl methyl sites for hydroxylation is 2. The van der Waals surface area contributed by atoms with Crippen LogP contribution in [-0.4, -0.2) is 29.9 Å². The molecule has 0 bridgehead atoms. The Labute approximate surface area is 116 Å². The number of piperidine rings is 1. The summed E-state index contributed by atoms with van der Waals surface area (Å²) in [6.07, 6.45) is 3.70. The highest BCUT2D eigenvalue weighted by Crippen LogP contribution is 2.17. The molecule has 1 aromatic carbocycles. The van der Waals surface area contributed by atoms with Gasteiger partial charge >= 0.3 is 0 Å². The van der Waals surface area contributed by atoms with Crippen molar-refractivity contribution < 1.29 is 4.79 Å². The first-order valence-electron chi connectivity index (χ1n) is 7.17. The van der Waals surface area contributed by atoms with Crippen molar-refractivity contribution in [2.45, 2.75) is 46.1 Å². The summed E-state index contributed by atoms with van der Waals surface area (Å²) in [4.78, 5) is 14.3. The first kappa shape index (κ1) is 14.1. The van der Waals surface area contributed by atoms with Crippen LogP contribution in [0.1, 0.15) is 37.3 Å². The fraction of sp³-hybridized carbons (Fsp3) is 0.562. The SMILES string of the molecule is Cc1ccc(NC(=O)CN2CCCCC2C)cc1C. The third-order valence-electron chi connectivity index (χ3n) is 4.08. The molecule has 0 aliphatic carbocycles. The van der Waals surface area contributed by atoms with Gasteiger partial charge in [-0.15, -0.1) is 0 Å². The molecule has 0 radical (unpaired) electrons. The van der Waals surface area contributed by atoms with Gasteiger partial charge in [0.15, 0.2) is 0 Å². The maximum absolute atomic E-state index is 12.1. The highest BCUT2D eigenvalue weighted by atomic mass is 16.2. The number of carbonyl (C=O) groups is 1. The lowest BCUT2D eigenvalue weighted by molar-refractivity contribution is -0.118. The third kappa shape index (κ3) is 3.80. The van der Waals surface area contributed by atoms with E-state index in [1.807, 2.05) is 12.1 Å². The minimum absolute atomic E-state index is 0.0944. The minimum Gasteiger partial charge on any atom is -0.325 e. The van der Waals surface area contributed by atoms with Crippen LogP contribution < -0.4 is 5.32 Å². The molecule has 19 heavy (non-hydrogen) atoms. The van der Waals surface area contributed by atoms with Crippen LogP contribution in [0, 0.1) is 13.8 Å². The van der Waals surface area contributed by atoms with Crippen molar-refractivity contribution in [3.05, 3.63) is 29.3 Å². The molecule has 0 spiro atoms. The maximum Gasteiger partial charge on any atom is 0.238 e. The van der Waals surface area contributed by atoms with Crippen molar-refractivity contribution in [2.24, 2.45) is 0 Å². The monoisotopic (exact) mass is 260 g/mol. The summed E-state index contributed by atoms with van der Waals surface area (Å²) in [5.41, 5.74) is 3.37. The fourth-order valence-electron chi connectivity index (χ4n) is 2.60. The van der Waals surface area contributed by atoms with E-state index in [-0.39, 0.29) is 5.91 Å². The van der Waals surface area contributed by atoms with E-state index in [1.54, 1.807) is 0 Å². The van der Waals surface area contributed by atoms with Crippen molar-refractivity contribution >= 4 is 11.6 Å². The first-order chi connectivity index (χ1) is 9.06. The standard InChI is InChI=1S/C16H24N2O/c1-12-7-8-15(10-13(12)2)17-16(19)11-18-9-5-4-6-14(18)3/h7-8,10,14H,4-6,9,11H2,1-3H3,(H,17,19). The molecule has 1 N–H and O–H groups in total. The molecule has 3 nitrogen and oxygen atoms in total. The summed E-state index contributed by atoms with van der Waals surface area (Å²) in [5, 5.41) is 3.00. The van der Waals surface area contributed by atoms with Crippen molar-refractivity contribution in [3.8, 4) is 0 Å². The zero-order chi connectivity index (χ0) is 13.8. The number of anilines is 1. The first-order valence-corrected chi connectivity index (χ1v) is 7.17. The lowest BCUT2D eigenvalue weighted by Crippen LogP contribution is -2.42. The van der Waals surface area contributed by atoms with Crippen molar-refractivity contribution in [3.63, 3.8) is 0 Å². The number of rotatable bonds is 3. The zero-order valence-corrected chi connectivity index (χ0v) is 12.2. The molecule has 1 aliphatic heterocycles. The van der Waals surface area contributed by atoms with Crippen molar-refractivity contribution in [1.82, 2.24) is 4.90 Å². The van der Waals surface area contributed by atoms with Gasteiger partial charge in [0.2, 0.25) is 5.91 Å². The Morgan fingerprint density at radius 1 is 1.32 bits per heavy atom. The van der Waals surface area contributed by atoms with Crippen LogP contribution in [-0.2, 0) is 4.79 Å². The quantitative estimate of drug-likeness (QED) is 0.905. The van der Waals surface area contributed by atoms with Gasteiger partial charge in [-0.05, 0) is 63.4 Å². The van der Waals surface area contributed by atoms with Gasteiger partial charge in [-0.1, -0.05) is 12.5 Å². The Balaban J connectivity index is 1.91. The molecular formula is C16H24N2O. The van der Waals surface area contributed by atoms with Crippen molar-refractivity contribution in [2.75, 3.05) is 18.4 Å². The van der Waals surface area contributed by atoms with E-state index < -0.39 is 0 Å². The van der Waals surface area contributed by atoms with Crippen LogP contribution in [0.2, 0.25) is 0 Å².